The first-order valence-electron chi connectivity index (χ1n) is 8.73. The largest absolute Gasteiger partial charge is 0.393 e. The topological polar surface area (TPSA) is 69.6 Å². The minimum Gasteiger partial charge on any atom is -0.393 e. The van der Waals surface area contributed by atoms with Gasteiger partial charge in [0.1, 0.15) is 0 Å². The molecule has 7 heteroatoms. The lowest BCUT2D eigenvalue weighted by Crippen LogP contribution is -2.40. The number of rotatable bonds is 4. The van der Waals surface area contributed by atoms with Gasteiger partial charge in [-0.25, -0.2) is 8.78 Å². The molecule has 2 N–H and O–H groups in total. The molecule has 0 saturated carbocycles. The maximum Gasteiger partial charge on any atom is 0.255 e. The maximum atomic E-state index is 13.2. The first-order valence-corrected chi connectivity index (χ1v) is 8.73. The first-order chi connectivity index (χ1) is 12.9. The van der Waals surface area contributed by atoms with Gasteiger partial charge in [0.2, 0.25) is 5.91 Å². The van der Waals surface area contributed by atoms with Crippen LogP contribution >= 0.6 is 0 Å². The van der Waals surface area contributed by atoms with Crippen molar-refractivity contribution in [1.29, 1.82) is 0 Å². The van der Waals surface area contributed by atoms with Crippen molar-refractivity contribution in [2.45, 2.75) is 25.4 Å². The molecule has 2 aromatic rings. The van der Waals surface area contributed by atoms with E-state index in [-0.39, 0.29) is 24.0 Å². The van der Waals surface area contributed by atoms with Crippen LogP contribution in [-0.4, -0.2) is 41.0 Å². The zero-order chi connectivity index (χ0) is 19.4. The van der Waals surface area contributed by atoms with Crippen molar-refractivity contribution in [2.75, 3.05) is 18.4 Å². The van der Waals surface area contributed by atoms with Crippen molar-refractivity contribution in [1.82, 2.24) is 4.90 Å². The molecule has 0 radical (unpaired) electrons. The molecule has 0 spiro atoms. The molecule has 0 bridgehead atoms. The Morgan fingerprint density at radius 2 is 1.70 bits per heavy atom. The summed E-state index contributed by atoms with van der Waals surface area (Å²) in [6.07, 6.45) is 1.11. The van der Waals surface area contributed by atoms with Crippen LogP contribution in [0.2, 0.25) is 0 Å². The van der Waals surface area contributed by atoms with Gasteiger partial charge in [-0.2, -0.15) is 0 Å². The summed E-state index contributed by atoms with van der Waals surface area (Å²) >= 11 is 0. The number of hydrogen-bond acceptors (Lipinski definition) is 3. The standard InChI is InChI=1S/C20H20F2N2O3/c21-17-6-3-14(12-18(17)22)20(27)23-15-4-1-13(2-5-15)11-19(26)24-9-7-16(25)8-10-24/h1-6,12,16,25H,7-11H2,(H,23,27). The Morgan fingerprint density at radius 1 is 1.04 bits per heavy atom. The third kappa shape index (κ3) is 4.89. The molecule has 2 aromatic carbocycles. The smallest absolute Gasteiger partial charge is 0.255 e. The molecule has 0 unspecified atom stereocenters. The fourth-order valence-corrected chi connectivity index (χ4v) is 2.95. The van der Waals surface area contributed by atoms with E-state index in [0.717, 1.165) is 17.7 Å². The quantitative estimate of drug-likeness (QED) is 0.865. The van der Waals surface area contributed by atoms with Crippen LogP contribution < -0.4 is 5.32 Å². The lowest BCUT2D eigenvalue weighted by molar-refractivity contribution is -0.132. The highest BCUT2D eigenvalue weighted by Crippen LogP contribution is 2.16. The Hall–Kier alpha value is -2.80. The Morgan fingerprint density at radius 3 is 2.33 bits per heavy atom. The van der Waals surface area contributed by atoms with Crippen LogP contribution in [-0.2, 0) is 11.2 Å². The highest BCUT2D eigenvalue weighted by Gasteiger charge is 2.21. The highest BCUT2D eigenvalue weighted by atomic mass is 19.2. The average molecular weight is 374 g/mol. The van der Waals surface area contributed by atoms with E-state index in [4.69, 9.17) is 0 Å². The predicted molar refractivity (Wildman–Crippen MR) is 96.3 cm³/mol. The Labute approximate surface area is 155 Å². The lowest BCUT2D eigenvalue weighted by atomic mass is 10.1. The van der Waals surface area contributed by atoms with E-state index in [1.54, 1.807) is 29.2 Å². The van der Waals surface area contributed by atoms with Gasteiger partial charge in [0.15, 0.2) is 11.6 Å². The van der Waals surface area contributed by atoms with E-state index in [0.29, 0.717) is 31.6 Å². The number of carbonyl (C=O) groups excluding carboxylic acids is 2. The second kappa shape index (κ2) is 8.26. The number of halogens is 2. The molecule has 1 aliphatic heterocycles. The summed E-state index contributed by atoms with van der Waals surface area (Å²) in [4.78, 5) is 26.1. The van der Waals surface area contributed by atoms with Gasteiger partial charge in [0.05, 0.1) is 12.5 Å². The molecular weight excluding hydrogens is 354 g/mol. The fourth-order valence-electron chi connectivity index (χ4n) is 2.95. The minimum absolute atomic E-state index is 0.000438. The third-order valence-corrected chi connectivity index (χ3v) is 4.57. The van der Waals surface area contributed by atoms with Gasteiger partial charge in [-0.15, -0.1) is 0 Å². The number of nitrogens with zero attached hydrogens (tertiary/aromatic N) is 1. The van der Waals surface area contributed by atoms with Crippen molar-refractivity contribution in [3.8, 4) is 0 Å². The zero-order valence-corrected chi connectivity index (χ0v) is 14.6. The molecule has 1 aliphatic rings. The van der Waals surface area contributed by atoms with E-state index in [2.05, 4.69) is 5.32 Å². The molecule has 0 aromatic heterocycles. The molecule has 1 heterocycles. The number of nitrogens with one attached hydrogen (secondary N) is 1. The normalized spacial score (nSPS) is 14.9. The fraction of sp³-hybridized carbons (Fsp3) is 0.300. The minimum atomic E-state index is -1.08. The molecule has 1 fully saturated rings. The summed E-state index contributed by atoms with van der Waals surface area (Å²) in [6, 6.07) is 9.72. The molecule has 142 valence electrons. The van der Waals surface area contributed by atoms with E-state index in [1.807, 2.05) is 0 Å². The summed E-state index contributed by atoms with van der Waals surface area (Å²) in [5, 5.41) is 12.1. The Kier molecular flexibility index (Phi) is 5.81. The Balaban J connectivity index is 1.57. The SMILES string of the molecule is O=C(Nc1ccc(CC(=O)N2CCC(O)CC2)cc1)c1ccc(F)c(F)c1. The van der Waals surface area contributed by atoms with Gasteiger partial charge < -0.3 is 15.3 Å². The molecule has 0 aliphatic carbocycles. The van der Waals surface area contributed by atoms with Crippen LogP contribution in [0.5, 0.6) is 0 Å². The summed E-state index contributed by atoms with van der Waals surface area (Å²) < 4.78 is 26.2. The number of hydrogen-bond donors (Lipinski definition) is 2. The number of aliphatic hydroxyl groups is 1. The van der Waals surface area contributed by atoms with E-state index < -0.39 is 17.5 Å². The molecule has 5 nitrogen and oxygen atoms in total. The van der Waals surface area contributed by atoms with Crippen LogP contribution in [0.1, 0.15) is 28.8 Å². The van der Waals surface area contributed by atoms with Gasteiger partial charge >= 0.3 is 0 Å². The monoisotopic (exact) mass is 374 g/mol. The number of carbonyl (C=O) groups is 2. The van der Waals surface area contributed by atoms with Gasteiger partial charge in [0.25, 0.3) is 5.91 Å². The molecule has 3 rings (SSSR count). The van der Waals surface area contributed by atoms with E-state index >= 15 is 0 Å². The molecule has 1 saturated heterocycles. The van der Waals surface area contributed by atoms with Crippen molar-refractivity contribution >= 4 is 17.5 Å². The molecule has 27 heavy (non-hydrogen) atoms. The van der Waals surface area contributed by atoms with E-state index in [9.17, 15) is 23.5 Å². The molecular formula is C20H20F2N2O3. The summed E-state index contributed by atoms with van der Waals surface area (Å²) in [5.74, 6) is -2.64. The number of anilines is 1. The number of benzene rings is 2. The number of aliphatic hydroxyl groups excluding tert-OH is 1. The maximum absolute atomic E-state index is 13.2. The van der Waals surface area contributed by atoms with Crippen LogP contribution in [0.25, 0.3) is 0 Å². The second-order valence-corrected chi connectivity index (χ2v) is 6.57. The zero-order valence-electron chi connectivity index (χ0n) is 14.6. The summed E-state index contributed by atoms with van der Waals surface area (Å²) in [7, 11) is 0. The number of likely N-dealkylation sites (tertiary alicyclic amines) is 1. The van der Waals surface area contributed by atoms with Crippen molar-refractivity contribution in [3.05, 3.63) is 65.2 Å². The summed E-state index contributed by atoms with van der Waals surface area (Å²) in [6.45, 7) is 1.12. The molecule has 2 amide bonds. The van der Waals surface area contributed by atoms with Gasteiger partial charge in [0, 0.05) is 24.3 Å². The Bertz CT molecular complexity index is 832. The van der Waals surface area contributed by atoms with Crippen molar-refractivity contribution < 1.29 is 23.5 Å². The van der Waals surface area contributed by atoms with Crippen LogP contribution in [0.15, 0.2) is 42.5 Å². The third-order valence-electron chi connectivity index (χ3n) is 4.57. The van der Waals surface area contributed by atoms with Gasteiger partial charge in [-0.05, 0) is 48.7 Å². The van der Waals surface area contributed by atoms with Crippen molar-refractivity contribution in [3.63, 3.8) is 0 Å². The van der Waals surface area contributed by atoms with E-state index in [1.165, 1.54) is 6.07 Å². The molecule has 0 atom stereocenters. The van der Waals surface area contributed by atoms with Gasteiger partial charge in [-0.1, -0.05) is 12.1 Å². The van der Waals surface area contributed by atoms with Crippen molar-refractivity contribution in [2.24, 2.45) is 0 Å². The second-order valence-electron chi connectivity index (χ2n) is 6.57. The predicted octanol–water partition coefficient (Wildman–Crippen LogP) is 2.74. The number of piperidine rings is 1. The van der Waals surface area contributed by atoms with Gasteiger partial charge in [-0.3, -0.25) is 9.59 Å². The van der Waals surface area contributed by atoms with Crippen LogP contribution in [0.3, 0.4) is 0 Å². The highest BCUT2D eigenvalue weighted by molar-refractivity contribution is 6.04. The average Bonchev–Trinajstić information content (AvgIpc) is 2.66. The number of amides is 2. The first kappa shape index (κ1) is 19.0. The van der Waals surface area contributed by atoms with Crippen LogP contribution in [0.4, 0.5) is 14.5 Å². The van der Waals surface area contributed by atoms with Crippen LogP contribution in [0, 0.1) is 11.6 Å². The summed E-state index contributed by atoms with van der Waals surface area (Å²) in [5.41, 5.74) is 1.31. The lowest BCUT2D eigenvalue weighted by Gasteiger charge is -2.29.